The maximum atomic E-state index is 13.0. The largest absolute Gasteiger partial charge is 0.509 e. The fourth-order valence-corrected chi connectivity index (χ4v) is 4.89. The van der Waals surface area contributed by atoms with Gasteiger partial charge in [0.25, 0.3) is 11.6 Å². The Kier molecular flexibility index (Phi) is 10.1. The van der Waals surface area contributed by atoms with Gasteiger partial charge >= 0.3 is 5.97 Å². The van der Waals surface area contributed by atoms with E-state index in [0.717, 1.165) is 4.90 Å². The molecular formula is C23H18BrCl2N3O8S. The molecular weight excluding hydrogens is 629 g/mol. The standard InChI is InChI=1S/C23H18BrCl2N3O8S/c24-9-17(31)20(23(34)37-10-12-1-4-15(5-2-12)29(35)36)28-21(33)19(22(28)38-11-30)27-18(32)8-13-7-14(25)3-6-16(13)26/h1-7,11,19,22,31H,8-10H2,(H,27,32). The third-order valence-corrected chi connectivity index (χ3v) is 7.27. The number of β-lactam (4-membered cyclic amide) rings is 1. The number of aliphatic hydroxyl groups excluding tert-OH is 1. The zero-order valence-corrected chi connectivity index (χ0v) is 23.1. The first-order valence-electron chi connectivity index (χ1n) is 10.6. The molecule has 0 radical (unpaired) electrons. The molecule has 1 aliphatic rings. The Morgan fingerprint density at radius 2 is 1.92 bits per heavy atom. The number of benzene rings is 2. The van der Waals surface area contributed by atoms with Crippen LogP contribution >= 0.6 is 50.9 Å². The van der Waals surface area contributed by atoms with E-state index in [1.807, 2.05) is 0 Å². The first kappa shape index (κ1) is 29.4. The lowest BCUT2D eigenvalue weighted by Crippen LogP contribution is -2.69. The number of rotatable bonds is 11. The molecule has 2 N–H and O–H groups in total. The maximum Gasteiger partial charge on any atom is 0.358 e. The summed E-state index contributed by atoms with van der Waals surface area (Å²) in [6.07, 6.45) is -0.200. The molecule has 2 atom stereocenters. The minimum absolute atomic E-state index is 0.150. The number of non-ortho nitro benzene ring substituents is 1. The number of nitrogens with zero attached hydrogens (tertiary/aromatic N) is 2. The number of carbonyl (C=O) groups is 4. The summed E-state index contributed by atoms with van der Waals surface area (Å²) in [7, 11) is 0. The highest BCUT2D eigenvalue weighted by atomic mass is 79.9. The summed E-state index contributed by atoms with van der Waals surface area (Å²) in [6, 6.07) is 8.64. The van der Waals surface area contributed by atoms with Gasteiger partial charge in [0.1, 0.15) is 23.8 Å². The molecule has 15 heteroatoms. The van der Waals surface area contributed by atoms with Gasteiger partial charge in [0.2, 0.25) is 5.91 Å². The van der Waals surface area contributed by atoms with E-state index in [1.54, 1.807) is 6.07 Å². The van der Waals surface area contributed by atoms with Crippen LogP contribution in [-0.2, 0) is 36.9 Å². The molecule has 1 fully saturated rings. The first-order chi connectivity index (χ1) is 18.1. The molecule has 0 aromatic heterocycles. The predicted octanol–water partition coefficient (Wildman–Crippen LogP) is 3.93. The average molecular weight is 647 g/mol. The van der Waals surface area contributed by atoms with Crippen LogP contribution in [0, 0.1) is 10.1 Å². The third-order valence-electron chi connectivity index (χ3n) is 5.26. The van der Waals surface area contributed by atoms with Gasteiger partial charge in [-0.1, -0.05) is 50.9 Å². The van der Waals surface area contributed by atoms with Gasteiger partial charge in [-0.25, -0.2) is 4.79 Å². The number of likely N-dealkylation sites (tertiary alicyclic amines) is 1. The number of nitrogens with one attached hydrogen (secondary N) is 1. The summed E-state index contributed by atoms with van der Waals surface area (Å²) < 4.78 is 5.21. The number of esters is 1. The van der Waals surface area contributed by atoms with Crippen LogP contribution in [0.5, 0.6) is 0 Å². The second-order valence-electron chi connectivity index (χ2n) is 7.72. The van der Waals surface area contributed by atoms with E-state index in [-0.39, 0.29) is 24.0 Å². The zero-order valence-electron chi connectivity index (χ0n) is 19.1. The molecule has 200 valence electrons. The summed E-state index contributed by atoms with van der Waals surface area (Å²) in [6.45, 7) is -0.316. The monoisotopic (exact) mass is 645 g/mol. The van der Waals surface area contributed by atoms with Crippen LogP contribution in [0.4, 0.5) is 5.69 Å². The normalized spacial score (nSPS) is 17.2. The van der Waals surface area contributed by atoms with Gasteiger partial charge < -0.3 is 15.2 Å². The summed E-state index contributed by atoms with van der Waals surface area (Å²) in [4.78, 5) is 60.9. The lowest BCUT2D eigenvalue weighted by molar-refractivity contribution is -0.384. The van der Waals surface area contributed by atoms with Crippen molar-refractivity contribution < 1.29 is 33.9 Å². The second kappa shape index (κ2) is 13.1. The molecule has 0 saturated carbocycles. The fraction of sp³-hybridized carbons (Fsp3) is 0.217. The lowest BCUT2D eigenvalue weighted by atomic mass is 10.0. The summed E-state index contributed by atoms with van der Waals surface area (Å²) >= 11 is 15.7. The van der Waals surface area contributed by atoms with E-state index in [9.17, 15) is 34.4 Å². The number of carbonyl (C=O) groups excluding carboxylic acids is 4. The van der Waals surface area contributed by atoms with E-state index in [2.05, 4.69) is 21.2 Å². The lowest BCUT2D eigenvalue weighted by Gasteiger charge is -2.45. The smallest absolute Gasteiger partial charge is 0.358 e. The molecule has 3 rings (SSSR count). The Hall–Kier alpha value is -3.13. The molecule has 1 heterocycles. The van der Waals surface area contributed by atoms with Crippen LogP contribution in [0.2, 0.25) is 10.0 Å². The Labute approximate surface area is 238 Å². The van der Waals surface area contributed by atoms with Crippen molar-refractivity contribution in [1.29, 1.82) is 0 Å². The van der Waals surface area contributed by atoms with Gasteiger partial charge in [0.15, 0.2) is 11.3 Å². The van der Waals surface area contributed by atoms with E-state index < -0.39 is 45.6 Å². The van der Waals surface area contributed by atoms with Gasteiger partial charge in [-0.3, -0.25) is 29.4 Å². The zero-order chi connectivity index (χ0) is 28.0. The molecule has 0 spiro atoms. The Bertz CT molecular complexity index is 1310. The van der Waals surface area contributed by atoms with Gasteiger partial charge in [0.05, 0.1) is 16.7 Å². The number of aliphatic hydroxyl groups is 1. The van der Waals surface area contributed by atoms with E-state index in [1.165, 1.54) is 36.4 Å². The van der Waals surface area contributed by atoms with E-state index in [0.29, 0.717) is 38.6 Å². The van der Waals surface area contributed by atoms with Gasteiger partial charge in [0, 0.05) is 22.2 Å². The fourth-order valence-electron chi connectivity index (χ4n) is 3.46. The van der Waals surface area contributed by atoms with Crippen molar-refractivity contribution in [1.82, 2.24) is 10.2 Å². The highest BCUT2D eigenvalue weighted by Gasteiger charge is 2.53. The van der Waals surface area contributed by atoms with Gasteiger partial charge in [-0.15, -0.1) is 0 Å². The van der Waals surface area contributed by atoms with Gasteiger partial charge in [-0.05, 0) is 41.5 Å². The third kappa shape index (κ3) is 6.84. The van der Waals surface area contributed by atoms with Crippen LogP contribution in [0.3, 0.4) is 0 Å². The SMILES string of the molecule is O=CSC1C(NC(=O)Cc2cc(Cl)ccc2Cl)C(=O)N1C(C(=O)OCc1ccc([N+](=O)[O-])cc1)=C(O)CBr. The Balaban J connectivity index is 1.74. The predicted molar refractivity (Wildman–Crippen MR) is 143 cm³/mol. The molecule has 1 saturated heterocycles. The summed E-state index contributed by atoms with van der Waals surface area (Å²) in [5.41, 5.74) is 0.606. The topological polar surface area (TPSA) is 156 Å². The van der Waals surface area contributed by atoms with Crippen molar-refractivity contribution in [3.63, 3.8) is 0 Å². The number of hydrogen-bond acceptors (Lipinski definition) is 9. The molecule has 0 aliphatic carbocycles. The van der Waals surface area contributed by atoms with Gasteiger partial charge in [-0.2, -0.15) is 0 Å². The van der Waals surface area contributed by atoms with Crippen molar-refractivity contribution in [2.24, 2.45) is 0 Å². The number of allylic oxidation sites excluding steroid dienone is 1. The molecule has 2 aromatic carbocycles. The van der Waals surface area contributed by atoms with Crippen molar-refractivity contribution >= 4 is 80.0 Å². The van der Waals surface area contributed by atoms with Crippen LogP contribution < -0.4 is 5.32 Å². The number of nitro groups is 1. The van der Waals surface area contributed by atoms with Crippen molar-refractivity contribution in [3.8, 4) is 0 Å². The molecule has 2 unspecified atom stereocenters. The maximum absolute atomic E-state index is 13.0. The second-order valence-corrected chi connectivity index (χ2v) is 10.1. The van der Waals surface area contributed by atoms with Crippen molar-refractivity contribution in [3.05, 3.63) is 85.2 Å². The molecule has 2 aromatic rings. The summed E-state index contributed by atoms with van der Waals surface area (Å²) in [5, 5.41) is 23.1. The van der Waals surface area contributed by atoms with Crippen LogP contribution in [0.15, 0.2) is 53.9 Å². The quantitative estimate of drug-likeness (QED) is 0.0540. The molecule has 2 amide bonds. The molecule has 38 heavy (non-hydrogen) atoms. The van der Waals surface area contributed by atoms with E-state index >= 15 is 0 Å². The number of halogens is 3. The van der Waals surface area contributed by atoms with Crippen molar-refractivity contribution in [2.75, 3.05) is 5.33 Å². The van der Waals surface area contributed by atoms with E-state index in [4.69, 9.17) is 27.9 Å². The molecule has 1 aliphatic heterocycles. The summed E-state index contributed by atoms with van der Waals surface area (Å²) in [5.74, 6) is -2.97. The number of hydrogen-bond donors (Lipinski definition) is 2. The minimum atomic E-state index is -1.18. The average Bonchev–Trinajstić information content (AvgIpc) is 2.90. The number of amides is 2. The minimum Gasteiger partial charge on any atom is -0.509 e. The van der Waals surface area contributed by atoms with Crippen LogP contribution in [-0.4, -0.2) is 55.1 Å². The number of thioether (sulfide) groups is 1. The molecule has 0 bridgehead atoms. The highest BCUT2D eigenvalue weighted by Crippen LogP contribution is 2.35. The Morgan fingerprint density at radius 3 is 2.53 bits per heavy atom. The van der Waals surface area contributed by atoms with Crippen LogP contribution in [0.25, 0.3) is 0 Å². The number of alkyl halides is 1. The van der Waals surface area contributed by atoms with Crippen LogP contribution in [0.1, 0.15) is 11.1 Å². The van der Waals surface area contributed by atoms with Crippen molar-refractivity contribution in [2.45, 2.75) is 24.4 Å². The number of nitro benzene ring substituents is 1. The number of ether oxygens (including phenoxy) is 1. The Morgan fingerprint density at radius 1 is 1.24 bits per heavy atom. The first-order valence-corrected chi connectivity index (χ1v) is 13.4. The molecule has 11 nitrogen and oxygen atoms in total. The highest BCUT2D eigenvalue weighted by molar-refractivity contribution is 9.09.